The molecule has 0 saturated carbocycles. The Morgan fingerprint density at radius 1 is 1.25 bits per heavy atom. The fraction of sp³-hybridized carbons (Fsp3) is 0.444. The van der Waals surface area contributed by atoms with Crippen LogP contribution in [0.1, 0.15) is 11.1 Å². The number of pyridine rings is 1. The van der Waals surface area contributed by atoms with E-state index in [1.54, 1.807) is 6.20 Å². The lowest BCUT2D eigenvalue weighted by molar-refractivity contribution is 0.711. The van der Waals surface area contributed by atoms with Gasteiger partial charge in [0, 0.05) is 6.20 Å². The van der Waals surface area contributed by atoms with E-state index < -0.39 is 0 Å². The summed E-state index contributed by atoms with van der Waals surface area (Å²) in [6.07, 6.45) is 5.75. The minimum atomic E-state index is 0.844. The van der Waals surface area contributed by atoms with Gasteiger partial charge in [0.05, 0.1) is 11.9 Å². The molecule has 0 aliphatic carbocycles. The van der Waals surface area contributed by atoms with Gasteiger partial charge in [-0.2, -0.15) is 0 Å². The lowest BCUT2D eigenvalue weighted by Crippen LogP contribution is -2.16. The maximum atomic E-state index is 5.82. The Kier molecular flexibility index (Phi) is 1.96. The van der Waals surface area contributed by atoms with E-state index in [-0.39, 0.29) is 0 Å². The van der Waals surface area contributed by atoms with Crippen LogP contribution < -0.4 is 11.1 Å². The molecule has 0 saturated heterocycles. The molecule has 0 bridgehead atoms. The van der Waals surface area contributed by atoms with Crippen molar-refractivity contribution in [1.82, 2.24) is 10.3 Å². The molecule has 0 amide bonds. The number of nitrogens with two attached hydrogens (primary N) is 1. The number of nitrogen functional groups attached to an aromatic ring is 1. The number of hydrogen-bond donors (Lipinski definition) is 2. The van der Waals surface area contributed by atoms with Crippen LogP contribution in [0.15, 0.2) is 12.4 Å². The Balaban J connectivity index is 2.42. The van der Waals surface area contributed by atoms with E-state index in [0.29, 0.717) is 0 Å². The van der Waals surface area contributed by atoms with E-state index in [9.17, 15) is 0 Å². The van der Waals surface area contributed by atoms with Crippen LogP contribution in [-0.2, 0) is 12.8 Å². The number of rotatable bonds is 0. The van der Waals surface area contributed by atoms with Crippen LogP contribution in [0.2, 0.25) is 0 Å². The third-order valence-electron chi connectivity index (χ3n) is 2.30. The zero-order valence-electron chi connectivity index (χ0n) is 7.01. The van der Waals surface area contributed by atoms with E-state index in [0.717, 1.165) is 31.6 Å². The maximum absolute atomic E-state index is 5.82. The summed E-state index contributed by atoms with van der Waals surface area (Å²) < 4.78 is 0. The number of nitrogens with one attached hydrogen (secondary N) is 1. The van der Waals surface area contributed by atoms with Crippen LogP contribution in [0.3, 0.4) is 0 Å². The highest BCUT2D eigenvalue weighted by atomic mass is 14.9. The van der Waals surface area contributed by atoms with Crippen LogP contribution in [0.5, 0.6) is 0 Å². The molecule has 12 heavy (non-hydrogen) atoms. The van der Waals surface area contributed by atoms with Gasteiger partial charge in [-0.1, -0.05) is 0 Å². The zero-order chi connectivity index (χ0) is 8.39. The van der Waals surface area contributed by atoms with Crippen molar-refractivity contribution >= 4 is 5.69 Å². The molecule has 0 atom stereocenters. The van der Waals surface area contributed by atoms with Crippen molar-refractivity contribution in [2.45, 2.75) is 12.8 Å². The summed E-state index contributed by atoms with van der Waals surface area (Å²) in [5.74, 6) is 0. The number of nitrogens with zero attached hydrogens (tertiary/aromatic N) is 1. The third kappa shape index (κ3) is 1.28. The highest BCUT2D eigenvalue weighted by molar-refractivity contribution is 5.49. The highest BCUT2D eigenvalue weighted by Gasteiger charge is 2.09. The third-order valence-corrected chi connectivity index (χ3v) is 2.30. The molecular weight excluding hydrogens is 150 g/mol. The Labute approximate surface area is 72.0 Å². The summed E-state index contributed by atoms with van der Waals surface area (Å²) >= 11 is 0. The second-order valence-electron chi connectivity index (χ2n) is 3.12. The van der Waals surface area contributed by atoms with E-state index >= 15 is 0 Å². The van der Waals surface area contributed by atoms with Gasteiger partial charge in [0.25, 0.3) is 0 Å². The van der Waals surface area contributed by atoms with Gasteiger partial charge in [0.2, 0.25) is 0 Å². The predicted octanol–water partition coefficient (Wildman–Crippen LogP) is 0.352. The van der Waals surface area contributed by atoms with Crippen molar-refractivity contribution in [2.75, 3.05) is 18.8 Å². The molecule has 3 N–H and O–H groups in total. The van der Waals surface area contributed by atoms with Crippen LogP contribution in [0.4, 0.5) is 5.69 Å². The van der Waals surface area contributed by atoms with Gasteiger partial charge in [0.15, 0.2) is 0 Å². The quantitative estimate of drug-likeness (QED) is 0.580. The van der Waals surface area contributed by atoms with Crippen LogP contribution in [0, 0.1) is 0 Å². The summed E-state index contributed by atoms with van der Waals surface area (Å²) in [4.78, 5) is 4.09. The second kappa shape index (κ2) is 3.11. The van der Waals surface area contributed by atoms with Gasteiger partial charge in [-0.25, -0.2) is 0 Å². The van der Waals surface area contributed by atoms with Crippen molar-refractivity contribution < 1.29 is 0 Å². The molecule has 2 heterocycles. The molecule has 64 valence electrons. The first-order valence-electron chi connectivity index (χ1n) is 4.30. The van der Waals surface area contributed by atoms with Crippen molar-refractivity contribution in [2.24, 2.45) is 0 Å². The van der Waals surface area contributed by atoms with Gasteiger partial charge < -0.3 is 11.1 Å². The first kappa shape index (κ1) is 7.55. The topological polar surface area (TPSA) is 50.9 Å². The molecule has 0 radical (unpaired) electrons. The number of fused-ring (bicyclic) bond motifs is 1. The van der Waals surface area contributed by atoms with E-state index in [2.05, 4.69) is 10.3 Å². The Morgan fingerprint density at radius 2 is 2.08 bits per heavy atom. The van der Waals surface area contributed by atoms with E-state index in [1.807, 2.05) is 6.20 Å². The molecule has 1 aromatic rings. The molecule has 0 fully saturated rings. The zero-order valence-corrected chi connectivity index (χ0v) is 7.01. The fourth-order valence-electron chi connectivity index (χ4n) is 1.63. The smallest absolute Gasteiger partial charge is 0.0536 e. The maximum Gasteiger partial charge on any atom is 0.0536 e. The first-order valence-corrected chi connectivity index (χ1v) is 4.30. The Morgan fingerprint density at radius 3 is 3.00 bits per heavy atom. The standard InChI is InChI=1S/C9H13N3/c10-9-6-12-5-7-1-3-11-4-2-8(7)9/h5-6,11H,1-4,10H2. The molecule has 3 heteroatoms. The molecular formula is C9H13N3. The van der Waals surface area contributed by atoms with Gasteiger partial charge in [0.1, 0.15) is 0 Å². The van der Waals surface area contributed by atoms with Gasteiger partial charge in [-0.15, -0.1) is 0 Å². The molecule has 0 spiro atoms. The number of hydrogen-bond acceptors (Lipinski definition) is 3. The minimum Gasteiger partial charge on any atom is -0.397 e. The van der Waals surface area contributed by atoms with Crippen LogP contribution in [-0.4, -0.2) is 18.1 Å². The Bertz CT molecular complexity index is 283. The molecule has 1 aliphatic heterocycles. The molecule has 0 unspecified atom stereocenters. The number of anilines is 1. The summed E-state index contributed by atoms with van der Waals surface area (Å²) in [6, 6.07) is 0. The fourth-order valence-corrected chi connectivity index (χ4v) is 1.63. The normalized spacial score (nSPS) is 16.7. The average molecular weight is 163 g/mol. The molecule has 2 rings (SSSR count). The Hall–Kier alpha value is -1.09. The van der Waals surface area contributed by atoms with E-state index in [1.165, 1.54) is 11.1 Å². The lowest BCUT2D eigenvalue weighted by Gasteiger charge is -2.06. The second-order valence-corrected chi connectivity index (χ2v) is 3.12. The summed E-state index contributed by atoms with van der Waals surface area (Å²) in [6.45, 7) is 2.07. The summed E-state index contributed by atoms with van der Waals surface area (Å²) in [5.41, 5.74) is 9.26. The van der Waals surface area contributed by atoms with Crippen LogP contribution >= 0.6 is 0 Å². The van der Waals surface area contributed by atoms with Gasteiger partial charge in [-0.3, -0.25) is 4.98 Å². The SMILES string of the molecule is Nc1cncc2c1CCNCC2. The predicted molar refractivity (Wildman–Crippen MR) is 48.9 cm³/mol. The molecule has 3 nitrogen and oxygen atoms in total. The van der Waals surface area contributed by atoms with E-state index in [4.69, 9.17) is 5.73 Å². The van der Waals surface area contributed by atoms with Gasteiger partial charge >= 0.3 is 0 Å². The minimum absolute atomic E-state index is 0.844. The monoisotopic (exact) mass is 163 g/mol. The van der Waals surface area contributed by atoms with Crippen molar-refractivity contribution in [3.05, 3.63) is 23.5 Å². The largest absolute Gasteiger partial charge is 0.397 e. The lowest BCUT2D eigenvalue weighted by atomic mass is 10.0. The highest BCUT2D eigenvalue weighted by Crippen LogP contribution is 2.17. The molecule has 1 aromatic heterocycles. The average Bonchev–Trinajstić information content (AvgIpc) is 2.30. The first-order chi connectivity index (χ1) is 5.88. The molecule has 1 aliphatic rings. The number of aromatic nitrogens is 1. The van der Waals surface area contributed by atoms with Crippen molar-refractivity contribution in [1.29, 1.82) is 0 Å². The summed E-state index contributed by atoms with van der Waals surface area (Å²) in [7, 11) is 0. The summed E-state index contributed by atoms with van der Waals surface area (Å²) in [5, 5.41) is 3.34. The molecule has 0 aromatic carbocycles. The van der Waals surface area contributed by atoms with Gasteiger partial charge in [-0.05, 0) is 37.1 Å². The van der Waals surface area contributed by atoms with Crippen LogP contribution in [0.25, 0.3) is 0 Å². The van der Waals surface area contributed by atoms with Crippen molar-refractivity contribution in [3.63, 3.8) is 0 Å². The van der Waals surface area contributed by atoms with Crippen molar-refractivity contribution in [3.8, 4) is 0 Å².